The molecule has 1 spiro atoms. The van der Waals surface area contributed by atoms with E-state index in [1.54, 1.807) is 0 Å². The predicted octanol–water partition coefficient (Wildman–Crippen LogP) is 2.09. The van der Waals surface area contributed by atoms with Crippen LogP contribution >= 0.6 is 0 Å². The van der Waals surface area contributed by atoms with Crippen LogP contribution in [0.15, 0.2) is 0 Å². The van der Waals surface area contributed by atoms with Crippen molar-refractivity contribution in [3.63, 3.8) is 0 Å². The van der Waals surface area contributed by atoms with Crippen molar-refractivity contribution in [3.05, 3.63) is 0 Å². The smallest absolute Gasteiger partial charge is 0.220 e. The molecule has 0 aromatic heterocycles. The van der Waals surface area contributed by atoms with Gasteiger partial charge in [-0.05, 0) is 18.8 Å². The maximum absolute atomic E-state index is 11.4. The van der Waals surface area contributed by atoms with Crippen molar-refractivity contribution < 1.29 is 4.79 Å². The minimum absolute atomic E-state index is 0.278. The lowest BCUT2D eigenvalue weighted by Gasteiger charge is -2.33. The summed E-state index contributed by atoms with van der Waals surface area (Å²) >= 11 is 0. The monoisotopic (exact) mass is 181 g/mol. The summed E-state index contributed by atoms with van der Waals surface area (Å²) in [4.78, 5) is 11.4. The summed E-state index contributed by atoms with van der Waals surface area (Å²) < 4.78 is 0. The van der Waals surface area contributed by atoms with Crippen molar-refractivity contribution in [1.82, 2.24) is 5.32 Å². The minimum atomic E-state index is 0.278. The molecule has 0 bridgehead atoms. The van der Waals surface area contributed by atoms with Gasteiger partial charge in [-0.1, -0.05) is 26.7 Å². The molecule has 1 aliphatic carbocycles. The van der Waals surface area contributed by atoms with E-state index in [9.17, 15) is 4.79 Å². The molecule has 2 rings (SSSR count). The number of carbonyl (C=O) groups excluding carboxylic acids is 1. The van der Waals surface area contributed by atoms with Crippen LogP contribution < -0.4 is 5.32 Å². The van der Waals surface area contributed by atoms with Crippen molar-refractivity contribution >= 4 is 5.91 Å². The zero-order chi connectivity index (χ0) is 9.47. The second-order valence-corrected chi connectivity index (χ2v) is 4.73. The Labute approximate surface area is 80.1 Å². The van der Waals surface area contributed by atoms with Gasteiger partial charge in [0.05, 0.1) is 0 Å². The minimum Gasteiger partial charge on any atom is -0.353 e. The van der Waals surface area contributed by atoms with Crippen LogP contribution in [0.1, 0.15) is 46.0 Å². The molecule has 0 aromatic rings. The second kappa shape index (κ2) is 3.00. The molecular formula is C11H19NO. The largest absolute Gasteiger partial charge is 0.353 e. The summed E-state index contributed by atoms with van der Waals surface area (Å²) in [5.74, 6) is 1.01. The molecular weight excluding hydrogens is 162 g/mol. The number of carbonyl (C=O) groups is 1. The highest BCUT2D eigenvalue weighted by molar-refractivity contribution is 5.80. The Morgan fingerprint density at radius 2 is 2.38 bits per heavy atom. The van der Waals surface area contributed by atoms with Crippen LogP contribution in [0, 0.1) is 11.3 Å². The standard InChI is InChI=1S/C11H19NO/c1-3-9-11(7-10(13)12-9)6-4-5-8(11)2/h8-9H,3-7H2,1-2H3,(H,12,13). The number of nitrogens with one attached hydrogen (secondary N) is 1. The molecule has 3 unspecified atom stereocenters. The van der Waals surface area contributed by atoms with E-state index < -0.39 is 0 Å². The molecule has 2 heteroatoms. The van der Waals surface area contributed by atoms with Gasteiger partial charge in [0, 0.05) is 17.9 Å². The van der Waals surface area contributed by atoms with Crippen LogP contribution in [0.2, 0.25) is 0 Å². The van der Waals surface area contributed by atoms with Crippen LogP contribution in [-0.4, -0.2) is 11.9 Å². The predicted molar refractivity (Wildman–Crippen MR) is 52.3 cm³/mol. The lowest BCUT2D eigenvalue weighted by atomic mass is 9.72. The number of amides is 1. The third kappa shape index (κ3) is 1.18. The quantitative estimate of drug-likeness (QED) is 0.659. The highest BCUT2D eigenvalue weighted by atomic mass is 16.2. The molecule has 1 heterocycles. The summed E-state index contributed by atoms with van der Waals surface area (Å²) in [7, 11) is 0. The van der Waals surface area contributed by atoms with Crippen molar-refractivity contribution in [3.8, 4) is 0 Å². The lowest BCUT2D eigenvalue weighted by Crippen LogP contribution is -2.38. The first-order chi connectivity index (χ1) is 6.19. The summed E-state index contributed by atoms with van der Waals surface area (Å²) in [6.45, 7) is 4.50. The first kappa shape index (κ1) is 9.04. The Kier molecular flexibility index (Phi) is 2.09. The van der Waals surface area contributed by atoms with Crippen LogP contribution in [0.3, 0.4) is 0 Å². The van der Waals surface area contributed by atoms with E-state index in [0.29, 0.717) is 11.5 Å². The fourth-order valence-corrected chi connectivity index (χ4v) is 3.37. The summed E-state index contributed by atoms with van der Waals surface area (Å²) in [6.07, 6.45) is 5.76. The molecule has 2 aliphatic rings. The SMILES string of the molecule is CCC1NC(=O)CC12CCCC2C. The molecule has 0 radical (unpaired) electrons. The molecule has 0 aromatic carbocycles. The number of hydrogen-bond acceptors (Lipinski definition) is 1. The maximum Gasteiger partial charge on any atom is 0.220 e. The van der Waals surface area contributed by atoms with Crippen molar-refractivity contribution in [1.29, 1.82) is 0 Å². The van der Waals surface area contributed by atoms with Gasteiger partial charge in [0.15, 0.2) is 0 Å². The fourth-order valence-electron chi connectivity index (χ4n) is 3.37. The molecule has 1 aliphatic heterocycles. The average Bonchev–Trinajstić information content (AvgIpc) is 2.59. The van der Waals surface area contributed by atoms with Crippen molar-refractivity contribution in [2.75, 3.05) is 0 Å². The zero-order valence-electron chi connectivity index (χ0n) is 8.60. The van der Waals surface area contributed by atoms with Crippen LogP contribution in [0.25, 0.3) is 0 Å². The van der Waals surface area contributed by atoms with Crippen molar-refractivity contribution in [2.24, 2.45) is 11.3 Å². The molecule has 74 valence electrons. The third-order valence-electron chi connectivity index (χ3n) is 4.19. The van der Waals surface area contributed by atoms with Gasteiger partial charge in [-0.2, -0.15) is 0 Å². The Morgan fingerprint density at radius 3 is 2.92 bits per heavy atom. The first-order valence-electron chi connectivity index (χ1n) is 5.48. The Morgan fingerprint density at radius 1 is 1.62 bits per heavy atom. The average molecular weight is 181 g/mol. The van der Waals surface area contributed by atoms with E-state index in [0.717, 1.165) is 18.8 Å². The van der Waals surface area contributed by atoms with Gasteiger partial charge >= 0.3 is 0 Å². The Hall–Kier alpha value is -0.530. The highest BCUT2D eigenvalue weighted by Gasteiger charge is 2.51. The summed E-state index contributed by atoms with van der Waals surface area (Å²) in [5, 5.41) is 3.13. The van der Waals surface area contributed by atoms with E-state index in [-0.39, 0.29) is 5.91 Å². The molecule has 2 nitrogen and oxygen atoms in total. The Bertz CT molecular complexity index is 226. The molecule has 1 amide bonds. The van der Waals surface area contributed by atoms with Gasteiger partial charge in [0.25, 0.3) is 0 Å². The molecule has 2 fully saturated rings. The van der Waals surface area contributed by atoms with Crippen LogP contribution in [0.5, 0.6) is 0 Å². The second-order valence-electron chi connectivity index (χ2n) is 4.73. The fraction of sp³-hybridized carbons (Fsp3) is 0.909. The van der Waals surface area contributed by atoms with Gasteiger partial charge < -0.3 is 5.32 Å². The van der Waals surface area contributed by atoms with E-state index >= 15 is 0 Å². The Balaban J connectivity index is 2.24. The van der Waals surface area contributed by atoms with Crippen LogP contribution in [-0.2, 0) is 4.79 Å². The third-order valence-corrected chi connectivity index (χ3v) is 4.19. The molecule has 1 N–H and O–H groups in total. The maximum atomic E-state index is 11.4. The highest BCUT2D eigenvalue weighted by Crippen LogP contribution is 2.51. The van der Waals surface area contributed by atoms with Gasteiger partial charge in [0.1, 0.15) is 0 Å². The van der Waals surface area contributed by atoms with Gasteiger partial charge in [-0.25, -0.2) is 0 Å². The first-order valence-corrected chi connectivity index (χ1v) is 5.48. The van der Waals surface area contributed by atoms with Crippen molar-refractivity contribution in [2.45, 2.75) is 52.0 Å². The summed E-state index contributed by atoms with van der Waals surface area (Å²) in [5.41, 5.74) is 0.325. The summed E-state index contributed by atoms with van der Waals surface area (Å²) in [6, 6.07) is 0.456. The van der Waals surface area contributed by atoms with E-state index in [1.165, 1.54) is 19.3 Å². The number of rotatable bonds is 1. The topological polar surface area (TPSA) is 29.1 Å². The van der Waals surface area contributed by atoms with E-state index in [1.807, 2.05) is 0 Å². The van der Waals surface area contributed by atoms with Crippen LogP contribution in [0.4, 0.5) is 0 Å². The molecule has 13 heavy (non-hydrogen) atoms. The molecule has 1 saturated heterocycles. The normalized spacial score (nSPS) is 44.3. The van der Waals surface area contributed by atoms with Gasteiger partial charge in [-0.3, -0.25) is 4.79 Å². The van der Waals surface area contributed by atoms with Gasteiger partial charge in [0.2, 0.25) is 5.91 Å². The zero-order valence-corrected chi connectivity index (χ0v) is 8.60. The van der Waals surface area contributed by atoms with E-state index in [4.69, 9.17) is 0 Å². The van der Waals surface area contributed by atoms with E-state index in [2.05, 4.69) is 19.2 Å². The molecule has 3 atom stereocenters. The number of hydrogen-bond donors (Lipinski definition) is 1. The van der Waals surface area contributed by atoms with Gasteiger partial charge in [-0.15, -0.1) is 0 Å². The molecule has 1 saturated carbocycles. The lowest BCUT2D eigenvalue weighted by molar-refractivity contribution is -0.119.